The SMILES string of the molecule is Cc1cc(C#N)cc(C)c1Oc1csc(C=O)c1. The van der Waals surface area contributed by atoms with E-state index < -0.39 is 0 Å². The van der Waals surface area contributed by atoms with Crippen LogP contribution in [0.2, 0.25) is 0 Å². The highest BCUT2D eigenvalue weighted by Gasteiger charge is 2.09. The number of hydrogen-bond donors (Lipinski definition) is 0. The normalized spacial score (nSPS) is 9.83. The zero-order valence-electron chi connectivity index (χ0n) is 10.1. The third-order valence-corrected chi connectivity index (χ3v) is 3.36. The number of hydrogen-bond acceptors (Lipinski definition) is 4. The van der Waals surface area contributed by atoms with Crippen molar-refractivity contribution in [3.05, 3.63) is 45.1 Å². The first-order chi connectivity index (χ1) is 8.63. The number of carbonyl (C=O) groups excluding carboxylic acids is 1. The molecule has 0 saturated heterocycles. The lowest BCUT2D eigenvalue weighted by Gasteiger charge is -2.10. The Morgan fingerprint density at radius 2 is 1.94 bits per heavy atom. The zero-order chi connectivity index (χ0) is 13.1. The molecule has 18 heavy (non-hydrogen) atoms. The molecule has 0 N–H and O–H groups in total. The molecule has 0 aliphatic carbocycles. The molecule has 4 heteroatoms. The summed E-state index contributed by atoms with van der Waals surface area (Å²) in [5, 5.41) is 10.7. The number of rotatable bonds is 3. The van der Waals surface area contributed by atoms with Gasteiger partial charge in [0, 0.05) is 11.4 Å². The van der Waals surface area contributed by atoms with Crippen LogP contribution in [-0.4, -0.2) is 6.29 Å². The highest BCUT2D eigenvalue weighted by atomic mass is 32.1. The predicted octanol–water partition coefficient (Wildman–Crippen LogP) is 3.84. The van der Waals surface area contributed by atoms with Crippen molar-refractivity contribution in [3.8, 4) is 17.6 Å². The van der Waals surface area contributed by atoms with Crippen molar-refractivity contribution in [3.63, 3.8) is 0 Å². The van der Waals surface area contributed by atoms with Crippen LogP contribution in [0.25, 0.3) is 0 Å². The van der Waals surface area contributed by atoms with E-state index in [4.69, 9.17) is 10.00 Å². The van der Waals surface area contributed by atoms with Crippen molar-refractivity contribution >= 4 is 17.6 Å². The van der Waals surface area contributed by atoms with Crippen LogP contribution in [-0.2, 0) is 0 Å². The molecule has 2 rings (SSSR count). The van der Waals surface area contributed by atoms with Crippen molar-refractivity contribution in [1.82, 2.24) is 0 Å². The Hall–Kier alpha value is -2.12. The number of nitrogens with zero attached hydrogens (tertiary/aromatic N) is 1. The van der Waals surface area contributed by atoms with Crippen molar-refractivity contribution in [2.75, 3.05) is 0 Å². The minimum atomic E-state index is 0.622. The number of nitriles is 1. The quantitative estimate of drug-likeness (QED) is 0.785. The van der Waals surface area contributed by atoms with Crippen molar-refractivity contribution in [2.24, 2.45) is 0 Å². The summed E-state index contributed by atoms with van der Waals surface area (Å²) in [6, 6.07) is 7.39. The van der Waals surface area contributed by atoms with Gasteiger partial charge < -0.3 is 4.74 Å². The van der Waals surface area contributed by atoms with E-state index in [2.05, 4.69) is 6.07 Å². The number of carbonyl (C=O) groups is 1. The maximum atomic E-state index is 10.6. The molecule has 0 aliphatic rings. The summed E-state index contributed by atoms with van der Waals surface area (Å²) in [6.07, 6.45) is 0.802. The van der Waals surface area contributed by atoms with Crippen molar-refractivity contribution < 1.29 is 9.53 Å². The maximum Gasteiger partial charge on any atom is 0.160 e. The topological polar surface area (TPSA) is 50.1 Å². The van der Waals surface area contributed by atoms with E-state index in [0.29, 0.717) is 16.2 Å². The lowest BCUT2D eigenvalue weighted by molar-refractivity contribution is 0.112. The lowest BCUT2D eigenvalue weighted by Crippen LogP contribution is -1.91. The van der Waals surface area contributed by atoms with Gasteiger partial charge in [-0.2, -0.15) is 5.26 Å². The molecular weight excluding hydrogens is 246 g/mol. The fraction of sp³-hybridized carbons (Fsp3) is 0.143. The molecule has 3 nitrogen and oxygen atoms in total. The van der Waals surface area contributed by atoms with E-state index in [0.717, 1.165) is 23.2 Å². The predicted molar refractivity (Wildman–Crippen MR) is 70.4 cm³/mol. The molecule has 0 fully saturated rings. The zero-order valence-corrected chi connectivity index (χ0v) is 10.9. The van der Waals surface area contributed by atoms with E-state index >= 15 is 0 Å². The summed E-state index contributed by atoms with van der Waals surface area (Å²) < 4.78 is 5.76. The molecular formula is C14H11NO2S. The Balaban J connectivity index is 2.34. The van der Waals surface area contributed by atoms with E-state index in [1.54, 1.807) is 23.6 Å². The van der Waals surface area contributed by atoms with Gasteiger partial charge in [-0.25, -0.2) is 0 Å². The third kappa shape index (κ3) is 2.41. The van der Waals surface area contributed by atoms with Gasteiger partial charge in [-0.3, -0.25) is 4.79 Å². The second-order valence-electron chi connectivity index (χ2n) is 3.96. The van der Waals surface area contributed by atoms with Crippen LogP contribution >= 0.6 is 11.3 Å². The number of aldehydes is 1. The monoisotopic (exact) mass is 257 g/mol. The van der Waals surface area contributed by atoms with Crippen LogP contribution < -0.4 is 4.74 Å². The summed E-state index contributed by atoms with van der Waals surface area (Å²) in [5.74, 6) is 1.39. The van der Waals surface area contributed by atoms with Crippen LogP contribution in [0.5, 0.6) is 11.5 Å². The van der Waals surface area contributed by atoms with Crippen molar-refractivity contribution in [2.45, 2.75) is 13.8 Å². The minimum Gasteiger partial charge on any atom is -0.456 e. The first-order valence-electron chi connectivity index (χ1n) is 5.37. The molecule has 0 saturated carbocycles. The van der Waals surface area contributed by atoms with Gasteiger partial charge in [-0.1, -0.05) is 0 Å². The van der Waals surface area contributed by atoms with Gasteiger partial charge in [0.15, 0.2) is 6.29 Å². The molecule has 1 aromatic heterocycles. The van der Waals surface area contributed by atoms with Gasteiger partial charge in [0.1, 0.15) is 11.5 Å². The highest BCUT2D eigenvalue weighted by molar-refractivity contribution is 7.11. The molecule has 0 unspecified atom stereocenters. The van der Waals surface area contributed by atoms with Gasteiger partial charge >= 0.3 is 0 Å². The summed E-state index contributed by atoms with van der Waals surface area (Å²) >= 11 is 1.34. The minimum absolute atomic E-state index is 0.622. The molecule has 0 bridgehead atoms. The van der Waals surface area contributed by atoms with E-state index in [-0.39, 0.29) is 0 Å². The molecule has 90 valence electrons. The summed E-state index contributed by atoms with van der Waals surface area (Å²) in [6.45, 7) is 3.80. The third-order valence-electron chi connectivity index (χ3n) is 2.52. The van der Waals surface area contributed by atoms with Gasteiger partial charge in [0.25, 0.3) is 0 Å². The van der Waals surface area contributed by atoms with E-state index in [1.807, 2.05) is 13.8 Å². The first kappa shape index (κ1) is 12.3. The van der Waals surface area contributed by atoms with Gasteiger partial charge in [-0.15, -0.1) is 11.3 Å². The molecule has 1 heterocycles. The number of aryl methyl sites for hydroxylation is 2. The largest absolute Gasteiger partial charge is 0.456 e. The Morgan fingerprint density at radius 1 is 1.28 bits per heavy atom. The lowest BCUT2D eigenvalue weighted by atomic mass is 10.1. The molecule has 0 atom stereocenters. The Bertz CT molecular complexity index is 614. The summed E-state index contributed by atoms with van der Waals surface area (Å²) in [4.78, 5) is 11.2. The van der Waals surface area contributed by atoms with Crippen LogP contribution in [0.15, 0.2) is 23.6 Å². The average Bonchev–Trinajstić information content (AvgIpc) is 2.81. The Morgan fingerprint density at radius 3 is 2.44 bits per heavy atom. The molecule has 0 aliphatic heterocycles. The molecule has 0 spiro atoms. The summed E-state index contributed by atoms with van der Waals surface area (Å²) in [7, 11) is 0. The standard InChI is InChI=1S/C14H11NO2S/c1-9-3-11(6-15)4-10(2)14(9)17-12-5-13(7-16)18-8-12/h3-5,7-8H,1-2H3. The smallest absolute Gasteiger partial charge is 0.160 e. The van der Waals surface area contributed by atoms with Gasteiger partial charge in [0.2, 0.25) is 0 Å². The second kappa shape index (κ2) is 5.03. The summed E-state index contributed by atoms with van der Waals surface area (Å²) in [5.41, 5.74) is 2.44. The molecule has 0 amide bonds. The average molecular weight is 257 g/mol. The highest BCUT2D eigenvalue weighted by Crippen LogP contribution is 2.31. The Kier molecular flexibility index (Phi) is 3.45. The van der Waals surface area contributed by atoms with Crippen LogP contribution in [0.1, 0.15) is 26.4 Å². The Labute approximate surface area is 109 Å². The van der Waals surface area contributed by atoms with E-state index in [1.165, 1.54) is 11.3 Å². The molecule has 1 aromatic carbocycles. The number of thiophene rings is 1. The van der Waals surface area contributed by atoms with E-state index in [9.17, 15) is 4.79 Å². The van der Waals surface area contributed by atoms with Gasteiger partial charge in [0.05, 0.1) is 16.5 Å². The molecule has 0 radical (unpaired) electrons. The van der Waals surface area contributed by atoms with Crippen molar-refractivity contribution in [1.29, 1.82) is 5.26 Å². The van der Waals surface area contributed by atoms with Crippen LogP contribution in [0, 0.1) is 25.2 Å². The van der Waals surface area contributed by atoms with Crippen LogP contribution in [0.3, 0.4) is 0 Å². The fourth-order valence-electron chi connectivity index (χ4n) is 1.74. The number of benzene rings is 1. The number of ether oxygens (including phenoxy) is 1. The van der Waals surface area contributed by atoms with Crippen LogP contribution in [0.4, 0.5) is 0 Å². The molecule has 2 aromatic rings. The second-order valence-corrected chi connectivity index (χ2v) is 4.90. The maximum absolute atomic E-state index is 10.6. The fourth-order valence-corrected chi connectivity index (χ4v) is 2.35. The first-order valence-corrected chi connectivity index (χ1v) is 6.25. The van der Waals surface area contributed by atoms with Gasteiger partial charge in [-0.05, 0) is 37.1 Å².